The molecule has 3 nitrogen and oxygen atoms in total. The zero-order chi connectivity index (χ0) is 17.0. The van der Waals surface area contributed by atoms with E-state index in [2.05, 4.69) is 55.8 Å². The third-order valence-electron chi connectivity index (χ3n) is 6.59. The van der Waals surface area contributed by atoms with Gasteiger partial charge in [-0.25, -0.2) is 4.79 Å². The van der Waals surface area contributed by atoms with Crippen LogP contribution in [0.15, 0.2) is 23.8 Å². The second-order valence-electron chi connectivity index (χ2n) is 7.90. The summed E-state index contributed by atoms with van der Waals surface area (Å²) in [4.78, 5) is 12.2. The van der Waals surface area contributed by atoms with Crippen LogP contribution in [0.4, 0.5) is 0 Å². The Balaban J connectivity index is 2.57. The third kappa shape index (κ3) is 2.06. The van der Waals surface area contributed by atoms with Gasteiger partial charge in [-0.3, -0.25) is 0 Å². The maximum atomic E-state index is 12.2. The summed E-state index contributed by atoms with van der Waals surface area (Å²) in [6.07, 6.45) is 7.02. The Kier molecular flexibility index (Phi) is 4.19. The van der Waals surface area contributed by atoms with Crippen LogP contribution in [0, 0.1) is 22.2 Å². The quantitative estimate of drug-likeness (QED) is 0.466. The molecule has 0 aliphatic heterocycles. The van der Waals surface area contributed by atoms with Gasteiger partial charge in [-0.2, -0.15) is 0 Å². The lowest BCUT2D eigenvalue weighted by Gasteiger charge is -2.59. The van der Waals surface area contributed by atoms with Crippen LogP contribution in [0.3, 0.4) is 0 Å². The fourth-order valence-electron chi connectivity index (χ4n) is 4.58. The first-order valence-corrected chi connectivity index (χ1v) is 8.87. The monoisotopic (exact) mass is 370 g/mol. The number of rotatable bonds is 3. The lowest BCUT2D eigenvalue weighted by atomic mass is 9.45. The SMILES string of the molecule is COC(=O)C1=CCC2(C)C1(C)C=CC([C@](C)(O)CBr)C2(C)C. The fourth-order valence-corrected chi connectivity index (χ4v) is 4.93. The van der Waals surface area contributed by atoms with Crippen LogP contribution >= 0.6 is 15.9 Å². The van der Waals surface area contributed by atoms with Crippen LogP contribution in [0.25, 0.3) is 0 Å². The van der Waals surface area contributed by atoms with Crippen molar-refractivity contribution >= 4 is 21.9 Å². The molecule has 0 aromatic carbocycles. The number of alkyl halides is 1. The van der Waals surface area contributed by atoms with Crippen molar-refractivity contribution in [1.29, 1.82) is 0 Å². The standard InChI is InChI=1S/C18H27BrO3/c1-15(2)13(17(4,21)11-19)8-9-16(3)12(14(20)22-6)7-10-18(15,16)5/h7-9,13,21H,10-11H2,1-6H3/t13?,16?,17-,18?/m1/s1. The average Bonchev–Trinajstić information content (AvgIpc) is 2.72. The Labute approximate surface area is 141 Å². The number of carbonyl (C=O) groups is 1. The highest BCUT2D eigenvalue weighted by molar-refractivity contribution is 9.09. The Hall–Kier alpha value is -0.610. The summed E-state index contributed by atoms with van der Waals surface area (Å²) >= 11 is 3.44. The molecule has 0 aromatic rings. The lowest BCUT2D eigenvalue weighted by molar-refractivity contribution is -0.140. The molecule has 4 atom stereocenters. The van der Waals surface area contributed by atoms with E-state index in [-0.39, 0.29) is 28.1 Å². The maximum absolute atomic E-state index is 12.2. The molecule has 0 saturated heterocycles. The van der Waals surface area contributed by atoms with Gasteiger partial charge in [0, 0.05) is 22.2 Å². The smallest absolute Gasteiger partial charge is 0.334 e. The minimum Gasteiger partial charge on any atom is -0.466 e. The van der Waals surface area contributed by atoms with Gasteiger partial charge in [0.1, 0.15) is 0 Å². The van der Waals surface area contributed by atoms with Crippen LogP contribution in [-0.4, -0.2) is 29.1 Å². The molecule has 0 spiro atoms. The van der Waals surface area contributed by atoms with Gasteiger partial charge in [0.15, 0.2) is 0 Å². The van der Waals surface area contributed by atoms with Gasteiger partial charge in [0.2, 0.25) is 0 Å². The summed E-state index contributed by atoms with van der Waals surface area (Å²) in [7, 11) is 1.43. The van der Waals surface area contributed by atoms with Crippen LogP contribution in [0.2, 0.25) is 0 Å². The normalized spacial score (nSPS) is 38.9. The Morgan fingerprint density at radius 2 is 2.05 bits per heavy atom. The molecular formula is C18H27BrO3. The summed E-state index contributed by atoms with van der Waals surface area (Å²) in [6, 6.07) is 0. The zero-order valence-electron chi connectivity index (χ0n) is 14.4. The average molecular weight is 371 g/mol. The van der Waals surface area contributed by atoms with Gasteiger partial charge in [-0.05, 0) is 24.2 Å². The van der Waals surface area contributed by atoms with Crippen LogP contribution < -0.4 is 0 Å². The molecule has 124 valence electrons. The fraction of sp³-hybridized carbons (Fsp3) is 0.722. The molecule has 0 saturated carbocycles. The first kappa shape index (κ1) is 17.7. The molecule has 2 aliphatic carbocycles. The first-order valence-electron chi connectivity index (χ1n) is 7.74. The second kappa shape index (κ2) is 5.20. The number of carbonyl (C=O) groups excluding carboxylic acids is 1. The van der Waals surface area contributed by atoms with E-state index < -0.39 is 5.60 Å². The molecule has 4 heteroatoms. The maximum Gasteiger partial charge on any atom is 0.334 e. The van der Waals surface area contributed by atoms with Gasteiger partial charge in [0.25, 0.3) is 0 Å². The molecule has 0 aromatic heterocycles. The molecule has 0 heterocycles. The summed E-state index contributed by atoms with van der Waals surface area (Å²) in [5.41, 5.74) is -0.811. The molecule has 0 fully saturated rings. The van der Waals surface area contributed by atoms with Gasteiger partial charge in [-0.1, -0.05) is 61.9 Å². The van der Waals surface area contributed by atoms with Gasteiger partial charge >= 0.3 is 5.97 Å². The molecule has 0 bridgehead atoms. The molecular weight excluding hydrogens is 344 g/mol. The number of halogens is 1. The Morgan fingerprint density at radius 3 is 2.55 bits per heavy atom. The molecule has 1 N–H and O–H groups in total. The van der Waals surface area contributed by atoms with E-state index in [4.69, 9.17) is 4.74 Å². The highest BCUT2D eigenvalue weighted by Gasteiger charge is 2.63. The summed E-state index contributed by atoms with van der Waals surface area (Å²) in [5, 5.41) is 11.3. The molecule has 2 aliphatic rings. The van der Waals surface area contributed by atoms with Crippen molar-refractivity contribution in [2.24, 2.45) is 22.2 Å². The predicted octanol–water partition coefficient (Wildman–Crippen LogP) is 3.86. The number of methoxy groups -OCH3 is 1. The van der Waals surface area contributed by atoms with Crippen molar-refractivity contribution in [3.05, 3.63) is 23.8 Å². The van der Waals surface area contributed by atoms with Crippen LogP contribution in [0.5, 0.6) is 0 Å². The van der Waals surface area contributed by atoms with Crippen molar-refractivity contribution in [3.63, 3.8) is 0 Å². The highest BCUT2D eigenvalue weighted by atomic mass is 79.9. The Bertz CT molecular complexity index is 547. The van der Waals surface area contributed by atoms with Gasteiger partial charge in [0.05, 0.1) is 12.7 Å². The van der Waals surface area contributed by atoms with E-state index in [9.17, 15) is 9.90 Å². The summed E-state index contributed by atoms with van der Waals surface area (Å²) in [5.74, 6) is -0.250. The second-order valence-corrected chi connectivity index (χ2v) is 8.46. The lowest BCUT2D eigenvalue weighted by Crippen LogP contribution is -2.57. The zero-order valence-corrected chi connectivity index (χ0v) is 16.0. The topological polar surface area (TPSA) is 46.5 Å². The van der Waals surface area contributed by atoms with E-state index in [0.717, 1.165) is 12.0 Å². The van der Waals surface area contributed by atoms with E-state index in [0.29, 0.717) is 5.33 Å². The number of allylic oxidation sites excluding steroid dienone is 2. The summed E-state index contributed by atoms with van der Waals surface area (Å²) < 4.78 is 4.98. The van der Waals surface area contributed by atoms with Gasteiger partial charge in [-0.15, -0.1) is 0 Å². The van der Waals surface area contributed by atoms with Crippen molar-refractivity contribution in [3.8, 4) is 0 Å². The minimum atomic E-state index is -0.835. The first-order chi connectivity index (χ1) is 9.98. The minimum absolute atomic E-state index is 0.00264. The molecule has 2 rings (SSSR count). The van der Waals surface area contributed by atoms with Crippen molar-refractivity contribution in [1.82, 2.24) is 0 Å². The van der Waals surface area contributed by atoms with Crippen LogP contribution in [-0.2, 0) is 9.53 Å². The van der Waals surface area contributed by atoms with E-state index in [1.165, 1.54) is 7.11 Å². The number of esters is 1. The molecule has 0 radical (unpaired) electrons. The number of hydrogen-bond acceptors (Lipinski definition) is 3. The largest absolute Gasteiger partial charge is 0.466 e. The summed E-state index contributed by atoms with van der Waals surface area (Å²) in [6.45, 7) is 10.6. The predicted molar refractivity (Wildman–Crippen MR) is 91.8 cm³/mol. The van der Waals surface area contributed by atoms with Crippen molar-refractivity contribution in [2.45, 2.75) is 46.6 Å². The van der Waals surface area contributed by atoms with E-state index in [1.807, 2.05) is 13.0 Å². The molecule has 22 heavy (non-hydrogen) atoms. The third-order valence-corrected chi connectivity index (χ3v) is 7.72. The van der Waals surface area contributed by atoms with Crippen molar-refractivity contribution < 1.29 is 14.6 Å². The number of aliphatic hydroxyl groups is 1. The number of hydrogen-bond donors (Lipinski definition) is 1. The molecule has 3 unspecified atom stereocenters. The number of ether oxygens (including phenoxy) is 1. The van der Waals surface area contributed by atoms with E-state index >= 15 is 0 Å². The molecule has 0 amide bonds. The highest BCUT2D eigenvalue weighted by Crippen LogP contribution is 2.68. The number of fused-ring (bicyclic) bond motifs is 1. The van der Waals surface area contributed by atoms with Crippen LogP contribution in [0.1, 0.15) is 41.0 Å². The van der Waals surface area contributed by atoms with Gasteiger partial charge < -0.3 is 9.84 Å². The Morgan fingerprint density at radius 1 is 1.45 bits per heavy atom. The van der Waals surface area contributed by atoms with Crippen molar-refractivity contribution in [2.75, 3.05) is 12.4 Å². The van der Waals surface area contributed by atoms with E-state index in [1.54, 1.807) is 0 Å².